The molecule has 0 atom stereocenters. The first-order valence-electron chi connectivity index (χ1n) is 23.5. The van der Waals surface area contributed by atoms with Gasteiger partial charge in [0.2, 0.25) is 0 Å². The lowest BCUT2D eigenvalue weighted by Crippen LogP contribution is -2.15. The zero-order valence-electron chi connectivity index (χ0n) is 38.7. The van der Waals surface area contributed by atoms with Crippen LogP contribution in [0.1, 0.15) is 66.6 Å². The number of aryl methyl sites for hydroxylation is 1. The van der Waals surface area contributed by atoms with E-state index in [-0.39, 0.29) is 16.4 Å². The zero-order valence-corrected chi connectivity index (χ0v) is 38.7. The fourth-order valence-corrected chi connectivity index (χ4v) is 12.7. The van der Waals surface area contributed by atoms with E-state index < -0.39 is 11.7 Å². The summed E-state index contributed by atoms with van der Waals surface area (Å²) in [5.41, 5.74) is 15.8. The first-order chi connectivity index (χ1) is 33.3. The van der Waals surface area contributed by atoms with Gasteiger partial charge in [-0.3, -0.25) is 0 Å². The summed E-state index contributed by atoms with van der Waals surface area (Å²) in [6.07, 6.45) is -4.67. The number of hydrogen-bond acceptors (Lipinski definition) is 1. The van der Waals surface area contributed by atoms with E-state index in [4.69, 9.17) is 0 Å². The fourth-order valence-electron chi connectivity index (χ4n) is 12.7. The summed E-state index contributed by atoms with van der Waals surface area (Å²) in [6, 6.07) is 61.0. The highest BCUT2D eigenvalue weighted by molar-refractivity contribution is 6.17. The van der Waals surface area contributed by atoms with Crippen molar-refractivity contribution in [2.24, 2.45) is 0 Å². The maximum absolute atomic E-state index is 15.6. The molecule has 9 aromatic carbocycles. The summed E-state index contributed by atoms with van der Waals surface area (Å²) in [6.45, 7) is 10.9. The van der Waals surface area contributed by atoms with Gasteiger partial charge in [-0.05, 0) is 117 Å². The Morgan fingerprint density at radius 1 is 0.435 bits per heavy atom. The van der Waals surface area contributed by atoms with Crippen LogP contribution in [0.5, 0.6) is 0 Å². The largest absolute Gasteiger partial charge is 0.417 e. The Morgan fingerprint density at radius 2 is 0.899 bits per heavy atom. The van der Waals surface area contributed by atoms with E-state index in [1.54, 1.807) is 25.1 Å². The second-order valence-electron chi connectivity index (χ2n) is 19.8. The molecule has 6 heteroatoms. The summed E-state index contributed by atoms with van der Waals surface area (Å²) in [7, 11) is 0. The Hall–Kier alpha value is -8.14. The number of hydrogen-bond donors (Lipinski definition) is 0. The molecular weight excluding hydrogens is 856 g/mol. The van der Waals surface area contributed by atoms with Gasteiger partial charge in [-0.1, -0.05) is 155 Å². The van der Waals surface area contributed by atoms with Gasteiger partial charge in [-0.2, -0.15) is 18.4 Å². The van der Waals surface area contributed by atoms with Crippen molar-refractivity contribution in [3.8, 4) is 62.0 Å². The smallest absolute Gasteiger partial charge is 0.309 e. The van der Waals surface area contributed by atoms with Crippen molar-refractivity contribution >= 4 is 43.6 Å². The van der Waals surface area contributed by atoms with Crippen molar-refractivity contribution in [2.75, 3.05) is 0 Å². The molecule has 332 valence electrons. The Balaban J connectivity index is 1.20. The highest BCUT2D eigenvalue weighted by Gasteiger charge is 2.41. The zero-order chi connectivity index (χ0) is 47.3. The molecule has 11 aromatic rings. The number of nitrogens with zero attached hydrogens (tertiary/aromatic N) is 3. The van der Waals surface area contributed by atoms with E-state index in [1.165, 1.54) is 56.6 Å². The molecular formula is C63H44F3N3. The molecule has 0 fully saturated rings. The fraction of sp³-hybridized carbons (Fsp3) is 0.127. The SMILES string of the molecule is Cc1cccc(C(F)(F)F)c1-c1cccc(-n2c3ccccc3c3c4c(ccc32)-c2ccccc2C4(C)C)c1-c1c(C#N)cccc1-n1c2ccccc2c2c3c(ccc21)-c1ccccc1C3(C)C. The van der Waals surface area contributed by atoms with Crippen LogP contribution in [0.25, 0.3) is 99.5 Å². The van der Waals surface area contributed by atoms with E-state index >= 15 is 13.2 Å². The summed E-state index contributed by atoms with van der Waals surface area (Å²) in [5, 5.41) is 15.7. The molecule has 0 spiro atoms. The minimum absolute atomic E-state index is 0.0818. The van der Waals surface area contributed by atoms with Crippen LogP contribution in [0.4, 0.5) is 13.2 Å². The standard InChI is InChI=1S/C63H44F3N3/c1-36-17-14-26-47(63(64,65)66)54(36)44-23-16-30-51(69-49-28-13-9-22-43(49)58-53(69)34-32-41-39-20-7-11-25-46(39)62(4,5)60(41)58)56(44)55-37(35-67)18-15-29-50(55)68-48-27-12-8-21-42(48)57-52(68)33-31-40-38-19-6-10-24-45(38)61(2,3)59(40)57/h6-34H,1-5H3. The average molecular weight is 900 g/mol. The first kappa shape index (κ1) is 41.1. The molecule has 0 radical (unpaired) electrons. The van der Waals surface area contributed by atoms with Crippen LogP contribution in [0, 0.1) is 18.3 Å². The van der Waals surface area contributed by atoms with Crippen LogP contribution >= 0.6 is 0 Å². The van der Waals surface area contributed by atoms with Crippen molar-refractivity contribution < 1.29 is 13.2 Å². The molecule has 0 saturated carbocycles. The lowest BCUT2D eigenvalue weighted by Gasteiger charge is -2.25. The second kappa shape index (κ2) is 14.2. The Labute approximate surface area is 398 Å². The van der Waals surface area contributed by atoms with Gasteiger partial charge in [0.15, 0.2) is 0 Å². The number of halogens is 3. The van der Waals surface area contributed by atoms with Crippen molar-refractivity contribution in [3.05, 3.63) is 215 Å². The van der Waals surface area contributed by atoms with Gasteiger partial charge in [0.1, 0.15) is 0 Å². The molecule has 69 heavy (non-hydrogen) atoms. The molecule has 0 N–H and O–H groups in total. The summed E-state index contributed by atoms with van der Waals surface area (Å²) in [5.74, 6) is 0. The van der Waals surface area contributed by atoms with Gasteiger partial charge >= 0.3 is 6.18 Å². The highest BCUT2D eigenvalue weighted by Crippen LogP contribution is 2.56. The molecule has 2 aliphatic carbocycles. The van der Waals surface area contributed by atoms with E-state index in [2.05, 4.69) is 152 Å². The van der Waals surface area contributed by atoms with E-state index in [0.717, 1.165) is 43.6 Å². The van der Waals surface area contributed by atoms with Crippen molar-refractivity contribution in [2.45, 2.75) is 51.6 Å². The van der Waals surface area contributed by atoms with Crippen LogP contribution in [0.15, 0.2) is 176 Å². The molecule has 2 aliphatic rings. The van der Waals surface area contributed by atoms with Gasteiger partial charge in [0.25, 0.3) is 0 Å². The predicted octanol–water partition coefficient (Wildman–Crippen LogP) is 17.0. The minimum atomic E-state index is -4.67. The molecule has 0 saturated heterocycles. The van der Waals surface area contributed by atoms with E-state index in [0.29, 0.717) is 39.2 Å². The van der Waals surface area contributed by atoms with Crippen LogP contribution in [-0.4, -0.2) is 9.13 Å². The van der Waals surface area contributed by atoms with Crippen LogP contribution in [0.2, 0.25) is 0 Å². The number of fused-ring (bicyclic) bond motifs is 14. The van der Waals surface area contributed by atoms with E-state index in [9.17, 15) is 5.26 Å². The Bertz CT molecular complexity index is 4090. The van der Waals surface area contributed by atoms with Gasteiger partial charge in [-0.15, -0.1) is 0 Å². The Morgan fingerprint density at radius 3 is 1.43 bits per heavy atom. The van der Waals surface area contributed by atoms with Crippen molar-refractivity contribution in [1.82, 2.24) is 9.13 Å². The molecule has 3 nitrogen and oxygen atoms in total. The topological polar surface area (TPSA) is 33.6 Å². The molecule has 0 amide bonds. The maximum Gasteiger partial charge on any atom is 0.417 e. The van der Waals surface area contributed by atoms with Gasteiger partial charge in [-0.25, -0.2) is 0 Å². The number of para-hydroxylation sites is 2. The number of nitriles is 1. The first-order valence-corrected chi connectivity index (χ1v) is 23.5. The van der Waals surface area contributed by atoms with Gasteiger partial charge < -0.3 is 9.13 Å². The minimum Gasteiger partial charge on any atom is -0.309 e. The van der Waals surface area contributed by atoms with Crippen molar-refractivity contribution in [1.29, 1.82) is 5.26 Å². The van der Waals surface area contributed by atoms with Crippen molar-refractivity contribution in [3.63, 3.8) is 0 Å². The number of rotatable bonds is 4. The molecule has 0 unspecified atom stereocenters. The van der Waals surface area contributed by atoms with E-state index in [1.807, 2.05) is 36.4 Å². The third-order valence-electron chi connectivity index (χ3n) is 15.5. The number of alkyl halides is 3. The molecule has 0 bridgehead atoms. The maximum atomic E-state index is 15.6. The van der Waals surface area contributed by atoms with Gasteiger partial charge in [0, 0.05) is 43.5 Å². The molecule has 13 rings (SSSR count). The second-order valence-corrected chi connectivity index (χ2v) is 19.8. The Kier molecular flexibility index (Phi) is 8.45. The highest BCUT2D eigenvalue weighted by atomic mass is 19.4. The number of aromatic nitrogens is 2. The third-order valence-corrected chi connectivity index (χ3v) is 15.5. The predicted molar refractivity (Wildman–Crippen MR) is 276 cm³/mol. The lowest BCUT2D eigenvalue weighted by molar-refractivity contribution is -0.137. The number of benzene rings is 9. The summed E-state index contributed by atoms with van der Waals surface area (Å²) in [4.78, 5) is 0. The van der Waals surface area contributed by atoms with Crippen LogP contribution in [-0.2, 0) is 17.0 Å². The van der Waals surface area contributed by atoms with Crippen LogP contribution < -0.4 is 0 Å². The quantitative estimate of drug-likeness (QED) is 0.173. The summed E-state index contributed by atoms with van der Waals surface area (Å²) >= 11 is 0. The lowest BCUT2D eigenvalue weighted by atomic mass is 9.80. The summed E-state index contributed by atoms with van der Waals surface area (Å²) < 4.78 is 51.1. The monoisotopic (exact) mass is 899 g/mol. The van der Waals surface area contributed by atoms with Gasteiger partial charge in [0.05, 0.1) is 50.6 Å². The normalized spacial score (nSPS) is 14.3. The third kappa shape index (κ3) is 5.44. The molecule has 2 aromatic heterocycles. The van der Waals surface area contributed by atoms with Crippen LogP contribution in [0.3, 0.4) is 0 Å². The molecule has 0 aliphatic heterocycles. The molecule has 2 heterocycles. The average Bonchev–Trinajstić information content (AvgIpc) is 4.02.